The summed E-state index contributed by atoms with van der Waals surface area (Å²) in [5, 5.41) is 4.88. The molecule has 0 unspecified atom stereocenters. The standard InChI is InChI=1S/C14H10Cl2N4/c15-9-7-10(16)14(20-13(9)17)19-12-5-1-4-11-8(12)3-2-6-18-11/h1-7H,(H3,17,19,20). The lowest BCUT2D eigenvalue weighted by Crippen LogP contribution is -1.99. The summed E-state index contributed by atoms with van der Waals surface area (Å²) in [5.74, 6) is 0.696. The van der Waals surface area contributed by atoms with Gasteiger partial charge in [-0.3, -0.25) is 4.98 Å². The molecule has 100 valence electrons. The number of nitrogen functional groups attached to an aromatic ring is 1. The Balaban J connectivity index is 2.08. The molecule has 0 radical (unpaired) electrons. The van der Waals surface area contributed by atoms with Gasteiger partial charge in [0.25, 0.3) is 0 Å². The van der Waals surface area contributed by atoms with E-state index in [1.807, 2.05) is 30.3 Å². The van der Waals surface area contributed by atoms with Gasteiger partial charge in [-0.15, -0.1) is 0 Å². The summed E-state index contributed by atoms with van der Waals surface area (Å²) in [5.41, 5.74) is 7.44. The van der Waals surface area contributed by atoms with Gasteiger partial charge in [0.15, 0.2) is 5.82 Å². The third kappa shape index (κ3) is 2.35. The Morgan fingerprint density at radius 3 is 2.75 bits per heavy atom. The molecule has 1 aromatic carbocycles. The fourth-order valence-corrected chi connectivity index (χ4v) is 2.31. The van der Waals surface area contributed by atoms with Crippen LogP contribution in [0.1, 0.15) is 0 Å². The lowest BCUT2D eigenvalue weighted by atomic mass is 10.2. The minimum absolute atomic E-state index is 0.233. The number of anilines is 3. The minimum atomic E-state index is 0.233. The largest absolute Gasteiger partial charge is 0.382 e. The Bertz CT molecular complexity index is 784. The number of aromatic nitrogens is 2. The van der Waals surface area contributed by atoms with Gasteiger partial charge in [0.1, 0.15) is 5.82 Å². The average molecular weight is 305 g/mol. The van der Waals surface area contributed by atoms with Crippen LogP contribution in [0.25, 0.3) is 10.9 Å². The molecule has 4 nitrogen and oxygen atoms in total. The van der Waals surface area contributed by atoms with Crippen LogP contribution >= 0.6 is 23.2 Å². The van der Waals surface area contributed by atoms with Crippen LogP contribution in [0.5, 0.6) is 0 Å². The van der Waals surface area contributed by atoms with Gasteiger partial charge in [-0.1, -0.05) is 29.3 Å². The maximum Gasteiger partial charge on any atom is 0.151 e. The van der Waals surface area contributed by atoms with Crippen LogP contribution in [-0.4, -0.2) is 9.97 Å². The van der Waals surface area contributed by atoms with E-state index in [0.717, 1.165) is 16.6 Å². The van der Waals surface area contributed by atoms with E-state index < -0.39 is 0 Å². The zero-order valence-electron chi connectivity index (χ0n) is 10.3. The van der Waals surface area contributed by atoms with Crippen LogP contribution in [0.15, 0.2) is 42.6 Å². The third-order valence-electron chi connectivity index (χ3n) is 2.86. The van der Waals surface area contributed by atoms with Gasteiger partial charge in [-0.25, -0.2) is 4.98 Å². The smallest absolute Gasteiger partial charge is 0.151 e. The molecule has 0 fully saturated rings. The summed E-state index contributed by atoms with van der Waals surface area (Å²) >= 11 is 12.0. The zero-order valence-corrected chi connectivity index (χ0v) is 11.8. The van der Waals surface area contributed by atoms with Gasteiger partial charge in [-0.05, 0) is 30.3 Å². The van der Waals surface area contributed by atoms with Crippen LogP contribution in [-0.2, 0) is 0 Å². The van der Waals surface area contributed by atoms with Crippen LogP contribution in [0.4, 0.5) is 17.3 Å². The lowest BCUT2D eigenvalue weighted by Gasteiger charge is -2.11. The second-order valence-electron chi connectivity index (χ2n) is 4.19. The van der Waals surface area contributed by atoms with Crippen LogP contribution in [0, 0.1) is 0 Å². The van der Waals surface area contributed by atoms with Gasteiger partial charge in [0.2, 0.25) is 0 Å². The van der Waals surface area contributed by atoms with Crippen molar-refractivity contribution in [2.45, 2.75) is 0 Å². The number of nitrogens with two attached hydrogens (primary N) is 1. The fourth-order valence-electron chi connectivity index (χ4n) is 1.91. The minimum Gasteiger partial charge on any atom is -0.382 e. The van der Waals surface area contributed by atoms with Crippen LogP contribution in [0.3, 0.4) is 0 Å². The topological polar surface area (TPSA) is 63.8 Å². The quantitative estimate of drug-likeness (QED) is 0.742. The maximum absolute atomic E-state index is 6.12. The summed E-state index contributed by atoms with van der Waals surface area (Å²) in [4.78, 5) is 8.46. The summed E-state index contributed by atoms with van der Waals surface area (Å²) in [7, 11) is 0. The molecule has 2 aromatic heterocycles. The molecular weight excluding hydrogens is 295 g/mol. The number of nitrogens with zero attached hydrogens (tertiary/aromatic N) is 2. The fraction of sp³-hybridized carbons (Fsp3) is 0. The number of hydrogen-bond acceptors (Lipinski definition) is 4. The number of benzene rings is 1. The summed E-state index contributed by atoms with van der Waals surface area (Å²) < 4.78 is 0. The molecule has 0 spiro atoms. The Morgan fingerprint density at radius 1 is 1.05 bits per heavy atom. The van der Waals surface area contributed by atoms with Crippen molar-refractivity contribution in [3.63, 3.8) is 0 Å². The maximum atomic E-state index is 6.12. The number of fused-ring (bicyclic) bond motifs is 1. The van der Waals surface area contributed by atoms with E-state index in [9.17, 15) is 0 Å². The van der Waals surface area contributed by atoms with Gasteiger partial charge in [-0.2, -0.15) is 0 Å². The summed E-state index contributed by atoms with van der Waals surface area (Å²) in [6.45, 7) is 0. The average Bonchev–Trinajstić information content (AvgIpc) is 2.45. The molecule has 0 aliphatic heterocycles. The second-order valence-corrected chi connectivity index (χ2v) is 5.00. The van der Waals surface area contributed by atoms with Crippen molar-refractivity contribution in [1.29, 1.82) is 0 Å². The number of nitrogens with one attached hydrogen (secondary N) is 1. The first-order valence-corrected chi connectivity index (χ1v) is 6.63. The van der Waals surface area contributed by atoms with E-state index in [2.05, 4.69) is 15.3 Å². The SMILES string of the molecule is Nc1nc(Nc2cccc3ncccc23)c(Cl)cc1Cl. The molecule has 0 aliphatic rings. The first kappa shape index (κ1) is 13.0. The predicted octanol–water partition coefficient (Wildman–Crippen LogP) is 4.26. The van der Waals surface area contributed by atoms with E-state index in [1.54, 1.807) is 12.3 Å². The molecule has 3 aromatic rings. The van der Waals surface area contributed by atoms with Crippen molar-refractivity contribution < 1.29 is 0 Å². The Labute approximate surface area is 125 Å². The molecule has 0 saturated carbocycles. The molecular formula is C14H10Cl2N4. The zero-order chi connectivity index (χ0) is 14.1. The van der Waals surface area contributed by atoms with Crippen LogP contribution < -0.4 is 11.1 Å². The van der Waals surface area contributed by atoms with Crippen LogP contribution in [0.2, 0.25) is 10.0 Å². The molecule has 0 bridgehead atoms. The Kier molecular flexibility index (Phi) is 3.34. The number of halogens is 2. The molecule has 0 aliphatic carbocycles. The van der Waals surface area contributed by atoms with E-state index in [-0.39, 0.29) is 5.82 Å². The van der Waals surface area contributed by atoms with Crippen molar-refractivity contribution in [3.8, 4) is 0 Å². The molecule has 0 amide bonds. The van der Waals surface area contributed by atoms with Gasteiger partial charge in [0.05, 0.1) is 15.6 Å². The van der Waals surface area contributed by atoms with E-state index >= 15 is 0 Å². The second kappa shape index (κ2) is 5.15. The van der Waals surface area contributed by atoms with Crippen molar-refractivity contribution >= 4 is 51.4 Å². The first-order chi connectivity index (χ1) is 9.65. The molecule has 3 rings (SSSR count). The van der Waals surface area contributed by atoms with Gasteiger partial charge in [0, 0.05) is 17.3 Å². The van der Waals surface area contributed by atoms with E-state index in [0.29, 0.717) is 15.9 Å². The third-order valence-corrected chi connectivity index (χ3v) is 3.45. The Hall–Kier alpha value is -2.04. The molecule has 20 heavy (non-hydrogen) atoms. The highest BCUT2D eigenvalue weighted by Gasteiger charge is 2.09. The highest BCUT2D eigenvalue weighted by atomic mass is 35.5. The number of rotatable bonds is 2. The summed E-state index contributed by atoms with van der Waals surface area (Å²) in [6, 6.07) is 11.2. The molecule has 3 N–H and O–H groups in total. The normalized spacial score (nSPS) is 10.7. The van der Waals surface area contributed by atoms with Gasteiger partial charge >= 0.3 is 0 Å². The molecule has 6 heteroatoms. The predicted molar refractivity (Wildman–Crippen MR) is 83.7 cm³/mol. The van der Waals surface area contributed by atoms with Crippen molar-refractivity contribution in [2.75, 3.05) is 11.1 Å². The highest BCUT2D eigenvalue weighted by Crippen LogP contribution is 2.31. The first-order valence-electron chi connectivity index (χ1n) is 5.87. The number of pyridine rings is 2. The Morgan fingerprint density at radius 2 is 1.90 bits per heavy atom. The highest BCUT2D eigenvalue weighted by molar-refractivity contribution is 6.37. The van der Waals surface area contributed by atoms with Crippen molar-refractivity contribution in [2.24, 2.45) is 0 Å². The molecule has 2 heterocycles. The molecule has 0 atom stereocenters. The lowest BCUT2D eigenvalue weighted by molar-refractivity contribution is 1.32. The summed E-state index contributed by atoms with van der Waals surface area (Å²) in [6.07, 6.45) is 1.75. The van der Waals surface area contributed by atoms with Crippen molar-refractivity contribution in [1.82, 2.24) is 9.97 Å². The van der Waals surface area contributed by atoms with Crippen molar-refractivity contribution in [3.05, 3.63) is 52.6 Å². The molecule has 0 saturated heterocycles. The van der Waals surface area contributed by atoms with E-state index in [1.165, 1.54) is 0 Å². The van der Waals surface area contributed by atoms with Gasteiger partial charge < -0.3 is 11.1 Å². The number of hydrogen-bond donors (Lipinski definition) is 2. The monoisotopic (exact) mass is 304 g/mol. The van der Waals surface area contributed by atoms with E-state index in [4.69, 9.17) is 28.9 Å².